The molecular weight excluding hydrogens is 290 g/mol. The quantitative estimate of drug-likeness (QED) is 0.793. The number of aliphatic hydroxyl groups is 1. The number of anilines is 1. The molecule has 5 heteroatoms. The predicted octanol–water partition coefficient (Wildman–Crippen LogP) is 3.19. The van der Waals surface area contributed by atoms with E-state index >= 15 is 0 Å². The second kappa shape index (κ2) is 7.97. The van der Waals surface area contributed by atoms with E-state index < -0.39 is 6.10 Å². The molecule has 0 radical (unpaired) electrons. The van der Waals surface area contributed by atoms with Crippen LogP contribution in [-0.4, -0.2) is 17.2 Å². The van der Waals surface area contributed by atoms with Gasteiger partial charge in [0.05, 0.1) is 17.7 Å². The molecule has 3 N–H and O–H groups in total. The zero-order chi connectivity index (χ0) is 16.7. The van der Waals surface area contributed by atoms with Crippen LogP contribution in [0.25, 0.3) is 0 Å². The molecule has 0 spiro atoms. The van der Waals surface area contributed by atoms with Crippen LogP contribution in [0.5, 0.6) is 0 Å². The fourth-order valence-corrected chi connectivity index (χ4v) is 2.22. The lowest BCUT2D eigenvalue weighted by Gasteiger charge is -2.18. The Morgan fingerprint density at radius 2 is 1.83 bits per heavy atom. The molecule has 0 aromatic heterocycles. The highest BCUT2D eigenvalue weighted by Crippen LogP contribution is 2.17. The standard InChI is InChI=1S/C18H19N3O2/c1-13(11-17(22)15-5-3-2-4-6-15)20-18(23)21-16-9-7-14(12-19)8-10-16/h2-10,13,17,22H,11H2,1H3,(H2,20,21,23). The molecule has 118 valence electrons. The van der Waals surface area contributed by atoms with E-state index in [4.69, 9.17) is 5.26 Å². The molecule has 0 aliphatic carbocycles. The van der Waals surface area contributed by atoms with Crippen LogP contribution in [0.2, 0.25) is 0 Å². The van der Waals surface area contributed by atoms with E-state index in [1.807, 2.05) is 43.3 Å². The number of benzene rings is 2. The molecule has 2 aromatic rings. The van der Waals surface area contributed by atoms with Crippen molar-refractivity contribution in [3.63, 3.8) is 0 Å². The molecule has 2 unspecified atom stereocenters. The SMILES string of the molecule is CC(CC(O)c1ccccc1)NC(=O)Nc1ccc(C#N)cc1. The summed E-state index contributed by atoms with van der Waals surface area (Å²) in [5.41, 5.74) is 1.97. The van der Waals surface area contributed by atoms with E-state index in [1.165, 1.54) is 0 Å². The Labute approximate surface area is 135 Å². The predicted molar refractivity (Wildman–Crippen MR) is 88.8 cm³/mol. The number of amides is 2. The van der Waals surface area contributed by atoms with E-state index in [1.54, 1.807) is 24.3 Å². The normalized spacial score (nSPS) is 12.7. The molecule has 2 aromatic carbocycles. The summed E-state index contributed by atoms with van der Waals surface area (Å²) in [5.74, 6) is 0. The van der Waals surface area contributed by atoms with Crippen molar-refractivity contribution in [1.82, 2.24) is 5.32 Å². The molecule has 23 heavy (non-hydrogen) atoms. The summed E-state index contributed by atoms with van der Waals surface area (Å²) in [5, 5.41) is 24.4. The van der Waals surface area contributed by atoms with Crippen molar-refractivity contribution in [1.29, 1.82) is 5.26 Å². The Kier molecular flexibility index (Phi) is 5.73. The first-order chi connectivity index (χ1) is 11.1. The van der Waals surface area contributed by atoms with Gasteiger partial charge < -0.3 is 15.7 Å². The molecule has 0 saturated carbocycles. The Hall–Kier alpha value is -2.84. The van der Waals surface area contributed by atoms with Gasteiger partial charge in [0.2, 0.25) is 0 Å². The number of urea groups is 1. The first-order valence-electron chi connectivity index (χ1n) is 7.39. The number of rotatable bonds is 5. The van der Waals surface area contributed by atoms with E-state index in [0.717, 1.165) is 5.56 Å². The van der Waals surface area contributed by atoms with Crippen molar-refractivity contribution < 1.29 is 9.90 Å². The third kappa shape index (κ3) is 5.13. The molecule has 2 atom stereocenters. The number of carbonyl (C=O) groups is 1. The molecule has 0 aliphatic rings. The summed E-state index contributed by atoms with van der Waals surface area (Å²) in [7, 11) is 0. The van der Waals surface area contributed by atoms with Crippen LogP contribution >= 0.6 is 0 Å². The zero-order valence-electron chi connectivity index (χ0n) is 12.9. The number of hydrogen-bond donors (Lipinski definition) is 3. The average Bonchev–Trinajstić information content (AvgIpc) is 2.56. The van der Waals surface area contributed by atoms with Gasteiger partial charge in [-0.15, -0.1) is 0 Å². The fraction of sp³-hybridized carbons (Fsp3) is 0.222. The van der Waals surface area contributed by atoms with Crippen molar-refractivity contribution in [2.45, 2.75) is 25.5 Å². The number of aliphatic hydroxyl groups excluding tert-OH is 1. The molecule has 2 amide bonds. The Balaban J connectivity index is 1.83. The third-order valence-corrected chi connectivity index (χ3v) is 3.41. The summed E-state index contributed by atoms with van der Waals surface area (Å²) in [6.45, 7) is 1.84. The van der Waals surface area contributed by atoms with Gasteiger partial charge in [-0.2, -0.15) is 5.26 Å². The average molecular weight is 309 g/mol. The minimum atomic E-state index is -0.624. The van der Waals surface area contributed by atoms with E-state index in [-0.39, 0.29) is 12.1 Å². The lowest BCUT2D eigenvalue weighted by Crippen LogP contribution is -2.37. The topological polar surface area (TPSA) is 85.2 Å². The first-order valence-corrected chi connectivity index (χ1v) is 7.39. The maximum Gasteiger partial charge on any atom is 0.319 e. The number of carbonyl (C=O) groups excluding carboxylic acids is 1. The van der Waals surface area contributed by atoms with Crippen LogP contribution < -0.4 is 10.6 Å². The smallest absolute Gasteiger partial charge is 0.319 e. The number of nitrogens with one attached hydrogen (secondary N) is 2. The molecule has 0 bridgehead atoms. The van der Waals surface area contributed by atoms with Crippen LogP contribution in [0.15, 0.2) is 54.6 Å². The first kappa shape index (κ1) is 16.5. The highest BCUT2D eigenvalue weighted by molar-refractivity contribution is 5.89. The third-order valence-electron chi connectivity index (χ3n) is 3.41. The minimum absolute atomic E-state index is 0.191. The van der Waals surface area contributed by atoms with E-state index in [0.29, 0.717) is 17.7 Å². The van der Waals surface area contributed by atoms with Crippen LogP contribution in [0, 0.1) is 11.3 Å². The van der Waals surface area contributed by atoms with Crippen molar-refractivity contribution in [3.8, 4) is 6.07 Å². The van der Waals surface area contributed by atoms with Gasteiger partial charge in [-0.3, -0.25) is 0 Å². The highest BCUT2D eigenvalue weighted by Gasteiger charge is 2.14. The molecule has 0 fully saturated rings. The van der Waals surface area contributed by atoms with Crippen molar-refractivity contribution >= 4 is 11.7 Å². The van der Waals surface area contributed by atoms with Gasteiger partial charge in [-0.05, 0) is 43.2 Å². The molecule has 0 heterocycles. The van der Waals surface area contributed by atoms with Crippen molar-refractivity contribution in [2.75, 3.05) is 5.32 Å². The lowest BCUT2D eigenvalue weighted by molar-refractivity contribution is 0.155. The minimum Gasteiger partial charge on any atom is -0.388 e. The van der Waals surface area contributed by atoms with Crippen molar-refractivity contribution in [2.24, 2.45) is 0 Å². The summed E-state index contributed by atoms with van der Waals surface area (Å²) < 4.78 is 0. The Morgan fingerprint density at radius 1 is 1.17 bits per heavy atom. The van der Waals surface area contributed by atoms with Crippen LogP contribution in [-0.2, 0) is 0 Å². The van der Waals surface area contributed by atoms with Gasteiger partial charge in [0.25, 0.3) is 0 Å². The maximum atomic E-state index is 11.9. The van der Waals surface area contributed by atoms with Gasteiger partial charge in [-0.25, -0.2) is 4.79 Å². The van der Waals surface area contributed by atoms with E-state index in [9.17, 15) is 9.90 Å². The monoisotopic (exact) mass is 309 g/mol. The lowest BCUT2D eigenvalue weighted by atomic mass is 10.0. The van der Waals surface area contributed by atoms with Crippen molar-refractivity contribution in [3.05, 3.63) is 65.7 Å². The molecular formula is C18H19N3O2. The zero-order valence-corrected chi connectivity index (χ0v) is 12.9. The van der Waals surface area contributed by atoms with Gasteiger partial charge in [0.15, 0.2) is 0 Å². The Bertz CT molecular complexity index is 678. The van der Waals surface area contributed by atoms with Crippen LogP contribution in [0.4, 0.5) is 10.5 Å². The molecule has 5 nitrogen and oxygen atoms in total. The molecule has 0 saturated heterocycles. The van der Waals surface area contributed by atoms with Crippen LogP contribution in [0.3, 0.4) is 0 Å². The van der Waals surface area contributed by atoms with E-state index in [2.05, 4.69) is 10.6 Å². The number of nitrogens with zero attached hydrogens (tertiary/aromatic N) is 1. The summed E-state index contributed by atoms with van der Waals surface area (Å²) >= 11 is 0. The van der Waals surface area contributed by atoms with Gasteiger partial charge >= 0.3 is 6.03 Å². The largest absolute Gasteiger partial charge is 0.388 e. The summed E-state index contributed by atoms with van der Waals surface area (Å²) in [6.07, 6.45) is -0.202. The highest BCUT2D eigenvalue weighted by atomic mass is 16.3. The summed E-state index contributed by atoms with van der Waals surface area (Å²) in [6, 6.07) is 17.4. The van der Waals surface area contributed by atoms with Crippen LogP contribution in [0.1, 0.15) is 30.6 Å². The molecule has 2 rings (SSSR count). The second-order valence-electron chi connectivity index (χ2n) is 5.35. The Morgan fingerprint density at radius 3 is 2.43 bits per heavy atom. The summed E-state index contributed by atoms with van der Waals surface area (Å²) in [4.78, 5) is 11.9. The van der Waals surface area contributed by atoms with Gasteiger partial charge in [0.1, 0.15) is 0 Å². The number of nitriles is 1. The molecule has 0 aliphatic heterocycles. The van der Waals surface area contributed by atoms with Gasteiger partial charge in [0, 0.05) is 11.7 Å². The number of hydrogen-bond acceptors (Lipinski definition) is 3. The fourth-order valence-electron chi connectivity index (χ4n) is 2.22. The maximum absolute atomic E-state index is 11.9. The van der Waals surface area contributed by atoms with Gasteiger partial charge in [-0.1, -0.05) is 30.3 Å². The second-order valence-corrected chi connectivity index (χ2v) is 5.35.